The lowest BCUT2D eigenvalue weighted by Gasteiger charge is -2.29. The summed E-state index contributed by atoms with van der Waals surface area (Å²) in [6.45, 7) is 13.0. The van der Waals surface area contributed by atoms with Gasteiger partial charge in [-0.15, -0.1) is 0 Å². The molecule has 0 aliphatic rings. The third-order valence-corrected chi connectivity index (χ3v) is 2.47. The molecule has 6 heteroatoms. The SMILES string of the molecule is CC(CN)N(CC(=O)OC(C)(C)C)CC(=O)OC(C)(C)C. The average molecular weight is 302 g/mol. The second kappa shape index (κ2) is 7.75. The number of carbonyl (C=O) groups excluding carboxylic acids is 2. The predicted molar refractivity (Wildman–Crippen MR) is 81.8 cm³/mol. The van der Waals surface area contributed by atoms with Crippen molar-refractivity contribution in [1.82, 2.24) is 4.90 Å². The summed E-state index contributed by atoms with van der Waals surface area (Å²) >= 11 is 0. The number of nitrogens with two attached hydrogens (primary N) is 1. The molecule has 0 saturated heterocycles. The van der Waals surface area contributed by atoms with Crippen LogP contribution in [0.15, 0.2) is 0 Å². The van der Waals surface area contributed by atoms with Crippen LogP contribution in [0.5, 0.6) is 0 Å². The van der Waals surface area contributed by atoms with Gasteiger partial charge in [0.1, 0.15) is 11.2 Å². The summed E-state index contributed by atoms with van der Waals surface area (Å²) in [6, 6.07) is -0.120. The van der Waals surface area contributed by atoms with Gasteiger partial charge < -0.3 is 15.2 Å². The molecule has 0 fully saturated rings. The lowest BCUT2D eigenvalue weighted by Crippen LogP contribution is -2.46. The number of nitrogens with zero attached hydrogens (tertiary/aromatic N) is 1. The van der Waals surface area contributed by atoms with Crippen molar-refractivity contribution < 1.29 is 19.1 Å². The Bertz CT molecular complexity index is 326. The Labute approximate surface area is 127 Å². The zero-order valence-electron chi connectivity index (χ0n) is 14.4. The van der Waals surface area contributed by atoms with E-state index in [1.165, 1.54) is 0 Å². The second-order valence-electron chi connectivity index (χ2n) is 7.16. The highest BCUT2D eigenvalue weighted by Crippen LogP contribution is 2.10. The normalized spacial score (nSPS) is 14.0. The molecule has 0 aliphatic carbocycles. The van der Waals surface area contributed by atoms with Gasteiger partial charge in [-0.25, -0.2) is 0 Å². The Kier molecular flexibility index (Phi) is 7.33. The first-order chi connectivity index (χ1) is 9.34. The quantitative estimate of drug-likeness (QED) is 0.745. The zero-order chi connectivity index (χ0) is 16.8. The van der Waals surface area contributed by atoms with Gasteiger partial charge >= 0.3 is 11.9 Å². The first-order valence-electron chi connectivity index (χ1n) is 7.22. The molecular formula is C15H30N2O4. The van der Waals surface area contributed by atoms with Crippen molar-refractivity contribution in [1.29, 1.82) is 0 Å². The molecule has 0 bridgehead atoms. The minimum absolute atomic E-state index is 0.00881. The zero-order valence-corrected chi connectivity index (χ0v) is 14.4. The van der Waals surface area contributed by atoms with Crippen LogP contribution in [0.1, 0.15) is 48.5 Å². The Hall–Kier alpha value is -1.14. The van der Waals surface area contributed by atoms with E-state index in [0.717, 1.165) is 0 Å². The van der Waals surface area contributed by atoms with Gasteiger partial charge in [-0.3, -0.25) is 14.5 Å². The Morgan fingerprint density at radius 3 is 1.52 bits per heavy atom. The highest BCUT2D eigenvalue weighted by Gasteiger charge is 2.25. The van der Waals surface area contributed by atoms with Crippen LogP contribution in [0.25, 0.3) is 0 Å². The van der Waals surface area contributed by atoms with Gasteiger partial charge in [0, 0.05) is 12.6 Å². The van der Waals surface area contributed by atoms with E-state index in [-0.39, 0.29) is 31.1 Å². The first-order valence-corrected chi connectivity index (χ1v) is 7.22. The summed E-state index contributed by atoms with van der Waals surface area (Å²) in [5.41, 5.74) is 4.52. The summed E-state index contributed by atoms with van der Waals surface area (Å²) < 4.78 is 10.5. The number of esters is 2. The van der Waals surface area contributed by atoms with Crippen LogP contribution >= 0.6 is 0 Å². The molecule has 0 aliphatic heterocycles. The average Bonchev–Trinajstić information content (AvgIpc) is 2.21. The van der Waals surface area contributed by atoms with Gasteiger partial charge in [-0.05, 0) is 48.5 Å². The monoisotopic (exact) mass is 302 g/mol. The number of carbonyl (C=O) groups is 2. The van der Waals surface area contributed by atoms with Gasteiger partial charge in [0.05, 0.1) is 13.1 Å². The Morgan fingerprint density at radius 2 is 1.29 bits per heavy atom. The van der Waals surface area contributed by atoms with Crippen LogP contribution in [0, 0.1) is 0 Å². The van der Waals surface area contributed by atoms with E-state index in [0.29, 0.717) is 6.54 Å². The molecule has 21 heavy (non-hydrogen) atoms. The lowest BCUT2D eigenvalue weighted by atomic mass is 10.2. The first kappa shape index (κ1) is 19.9. The minimum Gasteiger partial charge on any atom is -0.459 e. The predicted octanol–water partition coefficient (Wildman–Crippen LogP) is 1.32. The summed E-state index contributed by atoms with van der Waals surface area (Å²) in [4.78, 5) is 25.5. The number of rotatable bonds is 6. The molecule has 0 rings (SSSR count). The van der Waals surface area contributed by atoms with Gasteiger partial charge in [0.2, 0.25) is 0 Å². The molecule has 0 aromatic rings. The van der Waals surface area contributed by atoms with E-state index >= 15 is 0 Å². The molecule has 0 heterocycles. The summed E-state index contributed by atoms with van der Waals surface area (Å²) in [7, 11) is 0. The van der Waals surface area contributed by atoms with Crippen molar-refractivity contribution in [2.45, 2.75) is 65.7 Å². The van der Waals surface area contributed by atoms with E-state index in [1.54, 1.807) is 46.4 Å². The van der Waals surface area contributed by atoms with E-state index in [1.807, 2.05) is 6.92 Å². The van der Waals surface area contributed by atoms with E-state index in [4.69, 9.17) is 15.2 Å². The molecule has 0 saturated carbocycles. The minimum atomic E-state index is -0.555. The molecule has 0 aromatic heterocycles. The maximum atomic E-state index is 11.9. The number of hydrogen-bond acceptors (Lipinski definition) is 6. The van der Waals surface area contributed by atoms with Gasteiger partial charge in [0.25, 0.3) is 0 Å². The molecular weight excluding hydrogens is 272 g/mol. The van der Waals surface area contributed by atoms with Crippen molar-refractivity contribution in [3.8, 4) is 0 Å². The lowest BCUT2D eigenvalue weighted by molar-refractivity contribution is -0.160. The molecule has 1 atom stereocenters. The largest absolute Gasteiger partial charge is 0.459 e. The molecule has 6 nitrogen and oxygen atoms in total. The molecule has 0 radical (unpaired) electrons. The van der Waals surface area contributed by atoms with Crippen molar-refractivity contribution in [2.24, 2.45) is 5.73 Å². The smallest absolute Gasteiger partial charge is 0.320 e. The fourth-order valence-electron chi connectivity index (χ4n) is 1.60. The van der Waals surface area contributed by atoms with Crippen LogP contribution in [0.4, 0.5) is 0 Å². The molecule has 0 amide bonds. The molecule has 1 unspecified atom stereocenters. The van der Waals surface area contributed by atoms with Crippen molar-refractivity contribution >= 4 is 11.9 Å². The molecule has 0 spiro atoms. The summed E-state index contributed by atoms with van der Waals surface area (Å²) in [6.07, 6.45) is 0. The molecule has 0 aromatic carbocycles. The Balaban J connectivity index is 4.67. The standard InChI is InChI=1S/C15H30N2O4/c1-11(8-16)17(9-12(18)20-14(2,3)4)10-13(19)21-15(5,6)7/h11H,8-10,16H2,1-7H3. The van der Waals surface area contributed by atoms with E-state index < -0.39 is 11.2 Å². The maximum absolute atomic E-state index is 11.9. The van der Waals surface area contributed by atoms with Crippen molar-refractivity contribution in [3.63, 3.8) is 0 Å². The summed E-state index contributed by atoms with van der Waals surface area (Å²) in [5.74, 6) is -0.766. The van der Waals surface area contributed by atoms with Gasteiger partial charge in [0.15, 0.2) is 0 Å². The van der Waals surface area contributed by atoms with Crippen LogP contribution in [0.3, 0.4) is 0 Å². The van der Waals surface area contributed by atoms with Gasteiger partial charge in [-0.2, -0.15) is 0 Å². The Morgan fingerprint density at radius 1 is 0.952 bits per heavy atom. The van der Waals surface area contributed by atoms with Crippen LogP contribution in [-0.2, 0) is 19.1 Å². The highest BCUT2D eigenvalue weighted by molar-refractivity contribution is 5.75. The van der Waals surface area contributed by atoms with Crippen molar-refractivity contribution in [2.75, 3.05) is 19.6 Å². The van der Waals surface area contributed by atoms with E-state index in [9.17, 15) is 9.59 Å². The number of ether oxygens (including phenoxy) is 2. The van der Waals surface area contributed by atoms with Crippen LogP contribution in [-0.4, -0.2) is 53.7 Å². The second-order valence-corrected chi connectivity index (χ2v) is 7.16. The number of hydrogen-bond donors (Lipinski definition) is 1. The van der Waals surface area contributed by atoms with E-state index in [2.05, 4.69) is 0 Å². The highest BCUT2D eigenvalue weighted by atomic mass is 16.6. The maximum Gasteiger partial charge on any atom is 0.320 e. The molecule has 2 N–H and O–H groups in total. The topological polar surface area (TPSA) is 81.9 Å². The van der Waals surface area contributed by atoms with Gasteiger partial charge in [-0.1, -0.05) is 0 Å². The summed E-state index contributed by atoms with van der Waals surface area (Å²) in [5, 5.41) is 0. The fraction of sp³-hybridized carbons (Fsp3) is 0.867. The fourth-order valence-corrected chi connectivity index (χ4v) is 1.60. The van der Waals surface area contributed by atoms with Crippen LogP contribution < -0.4 is 5.73 Å². The third-order valence-electron chi connectivity index (χ3n) is 2.47. The molecule has 124 valence electrons. The van der Waals surface area contributed by atoms with Crippen LogP contribution in [0.2, 0.25) is 0 Å². The van der Waals surface area contributed by atoms with Crippen molar-refractivity contribution in [3.05, 3.63) is 0 Å². The third kappa shape index (κ3) is 10.3.